The molecule has 8 heteroatoms. The largest absolute Gasteiger partial charge is 0.493 e. The molecule has 0 heterocycles. The fourth-order valence-corrected chi connectivity index (χ4v) is 1.29. The highest BCUT2D eigenvalue weighted by molar-refractivity contribution is 6.40. The Morgan fingerprint density at radius 1 is 1.50 bits per heavy atom. The highest BCUT2D eigenvalue weighted by Crippen LogP contribution is 2.19. The van der Waals surface area contributed by atoms with E-state index in [1.54, 1.807) is 0 Å². The van der Waals surface area contributed by atoms with Crippen LogP contribution in [-0.4, -0.2) is 40.8 Å². The van der Waals surface area contributed by atoms with Gasteiger partial charge in [-0.15, -0.1) is 0 Å². The number of benzene rings is 1. The van der Waals surface area contributed by atoms with E-state index in [2.05, 4.69) is 0 Å². The molecule has 0 aromatic heterocycles. The predicted octanol–water partition coefficient (Wildman–Crippen LogP) is -0.829. The van der Waals surface area contributed by atoms with Crippen molar-refractivity contribution in [3.05, 3.63) is 29.6 Å². The summed E-state index contributed by atoms with van der Waals surface area (Å²) in [5, 5.41) is 25.7. The first kappa shape index (κ1) is 14.4. The summed E-state index contributed by atoms with van der Waals surface area (Å²) in [4.78, 5) is 10.5. The Morgan fingerprint density at radius 3 is 2.67 bits per heavy atom. The third-order valence-corrected chi connectivity index (χ3v) is 2.16. The van der Waals surface area contributed by atoms with Crippen LogP contribution in [0, 0.1) is 5.82 Å². The highest BCUT2D eigenvalue weighted by Gasteiger charge is 2.15. The van der Waals surface area contributed by atoms with Gasteiger partial charge in [0.25, 0.3) is 0 Å². The second kappa shape index (κ2) is 6.34. The highest BCUT2D eigenvalue weighted by atomic mass is 19.1. The smallest absolute Gasteiger partial charge is 0.491 e. The summed E-state index contributed by atoms with van der Waals surface area (Å²) in [7, 11) is -1.69. The first-order valence-corrected chi connectivity index (χ1v) is 5.16. The van der Waals surface area contributed by atoms with E-state index in [-0.39, 0.29) is 12.2 Å². The lowest BCUT2D eigenvalue weighted by Crippen LogP contribution is -2.32. The second-order valence-electron chi connectivity index (χ2n) is 3.71. The minimum absolute atomic E-state index is 0.00480. The van der Waals surface area contributed by atoms with E-state index in [4.69, 9.17) is 25.6 Å². The monoisotopic (exact) mass is 257 g/mol. The Morgan fingerprint density at radius 2 is 2.17 bits per heavy atom. The van der Waals surface area contributed by atoms with Crippen LogP contribution in [0.25, 0.3) is 0 Å². The van der Waals surface area contributed by atoms with Crippen LogP contribution in [0.15, 0.2) is 18.2 Å². The molecule has 0 unspecified atom stereocenters. The molecule has 0 amide bonds. The minimum Gasteiger partial charge on any atom is -0.493 e. The van der Waals surface area contributed by atoms with E-state index in [0.29, 0.717) is 5.56 Å². The fraction of sp³-hybridized carbons (Fsp3) is 0.300. The van der Waals surface area contributed by atoms with Gasteiger partial charge in [0.1, 0.15) is 12.5 Å². The molecule has 0 fully saturated rings. The lowest BCUT2D eigenvalue weighted by atomic mass is 9.95. The summed E-state index contributed by atoms with van der Waals surface area (Å²) in [6, 6.07) is 2.74. The van der Waals surface area contributed by atoms with Gasteiger partial charge in [-0.1, -0.05) is 6.07 Å². The average molecular weight is 257 g/mol. The van der Waals surface area contributed by atoms with Gasteiger partial charge in [-0.3, -0.25) is 4.79 Å². The maximum Gasteiger partial charge on any atom is 0.491 e. The average Bonchev–Trinajstić information content (AvgIpc) is 2.27. The number of carbonyl (C=O) groups is 1. The van der Waals surface area contributed by atoms with Gasteiger partial charge < -0.3 is 25.6 Å². The van der Waals surface area contributed by atoms with Crippen molar-refractivity contribution in [2.45, 2.75) is 12.5 Å². The molecule has 1 aromatic carbocycles. The van der Waals surface area contributed by atoms with E-state index < -0.39 is 31.5 Å². The van der Waals surface area contributed by atoms with Gasteiger partial charge in [-0.05, 0) is 24.1 Å². The van der Waals surface area contributed by atoms with Crippen molar-refractivity contribution in [2.24, 2.45) is 5.73 Å². The van der Waals surface area contributed by atoms with Crippen molar-refractivity contribution in [1.82, 2.24) is 0 Å². The Hall–Kier alpha value is -1.64. The third-order valence-electron chi connectivity index (χ3n) is 2.16. The molecule has 6 nitrogen and oxygen atoms in total. The van der Waals surface area contributed by atoms with Gasteiger partial charge in [-0.2, -0.15) is 0 Å². The molecule has 5 N–H and O–H groups in total. The van der Waals surface area contributed by atoms with Crippen LogP contribution in [0.1, 0.15) is 5.56 Å². The number of aliphatic carboxylic acids is 1. The molecule has 1 rings (SSSR count). The molecular formula is C10H13BFNO5. The molecule has 0 saturated heterocycles. The Kier molecular flexibility index (Phi) is 5.08. The molecule has 0 bridgehead atoms. The van der Waals surface area contributed by atoms with E-state index >= 15 is 0 Å². The van der Waals surface area contributed by atoms with Crippen molar-refractivity contribution >= 4 is 13.1 Å². The molecule has 0 aliphatic carbocycles. The molecule has 18 heavy (non-hydrogen) atoms. The molecule has 0 saturated carbocycles. The van der Waals surface area contributed by atoms with Crippen molar-refractivity contribution < 1.29 is 29.1 Å². The zero-order chi connectivity index (χ0) is 13.7. The van der Waals surface area contributed by atoms with Gasteiger partial charge in [0.2, 0.25) is 0 Å². The van der Waals surface area contributed by atoms with E-state index in [0.717, 1.165) is 6.07 Å². The minimum atomic E-state index is -1.69. The topological polar surface area (TPSA) is 113 Å². The van der Waals surface area contributed by atoms with Crippen LogP contribution in [-0.2, 0) is 11.2 Å². The molecule has 0 radical (unpaired) electrons. The number of carboxylic acids is 1. The molecule has 0 aliphatic rings. The van der Waals surface area contributed by atoms with E-state index in [1.165, 1.54) is 12.1 Å². The Labute approximate surface area is 103 Å². The van der Waals surface area contributed by atoms with Crippen LogP contribution in [0.2, 0.25) is 0 Å². The summed E-state index contributed by atoms with van der Waals surface area (Å²) in [6.07, 6.45) is -0.00480. The molecule has 1 atom stereocenters. The maximum atomic E-state index is 13.5. The molecular weight excluding hydrogens is 244 g/mol. The van der Waals surface area contributed by atoms with Crippen molar-refractivity contribution in [1.29, 1.82) is 0 Å². The van der Waals surface area contributed by atoms with Crippen molar-refractivity contribution in [2.75, 3.05) is 6.51 Å². The van der Waals surface area contributed by atoms with Gasteiger partial charge in [0, 0.05) is 0 Å². The van der Waals surface area contributed by atoms with Crippen molar-refractivity contribution in [3.8, 4) is 5.75 Å². The summed E-state index contributed by atoms with van der Waals surface area (Å²) < 4.78 is 18.3. The predicted molar refractivity (Wildman–Crippen MR) is 61.4 cm³/mol. The normalized spacial score (nSPS) is 12.0. The molecule has 98 valence electrons. The van der Waals surface area contributed by atoms with Crippen molar-refractivity contribution in [3.63, 3.8) is 0 Å². The van der Waals surface area contributed by atoms with Gasteiger partial charge >= 0.3 is 13.1 Å². The number of rotatable bonds is 6. The van der Waals surface area contributed by atoms with Crippen LogP contribution >= 0.6 is 0 Å². The van der Waals surface area contributed by atoms with Gasteiger partial charge in [0.05, 0.1) is 0 Å². The molecule has 0 aliphatic heterocycles. The summed E-state index contributed by atoms with van der Waals surface area (Å²) >= 11 is 0. The fourth-order valence-electron chi connectivity index (χ4n) is 1.29. The Balaban J connectivity index is 2.70. The number of halogens is 1. The second-order valence-corrected chi connectivity index (χ2v) is 3.71. The zero-order valence-corrected chi connectivity index (χ0v) is 9.41. The van der Waals surface area contributed by atoms with Gasteiger partial charge in [0.15, 0.2) is 11.6 Å². The third kappa shape index (κ3) is 4.32. The maximum absolute atomic E-state index is 13.5. The first-order chi connectivity index (χ1) is 8.40. The van der Waals surface area contributed by atoms with E-state index in [9.17, 15) is 9.18 Å². The number of ether oxygens (including phenoxy) is 1. The Bertz CT molecular complexity index is 429. The van der Waals surface area contributed by atoms with Gasteiger partial charge in [-0.25, -0.2) is 4.39 Å². The number of nitrogens with two attached hydrogens (primary N) is 1. The number of hydrogen-bond acceptors (Lipinski definition) is 5. The van der Waals surface area contributed by atoms with Crippen LogP contribution < -0.4 is 10.5 Å². The van der Waals surface area contributed by atoms with E-state index in [1.807, 2.05) is 0 Å². The van der Waals surface area contributed by atoms with Crippen LogP contribution in [0.4, 0.5) is 4.39 Å². The summed E-state index contributed by atoms with van der Waals surface area (Å²) in [6.45, 7) is -0.453. The summed E-state index contributed by atoms with van der Waals surface area (Å²) in [5.41, 5.74) is 5.73. The summed E-state index contributed by atoms with van der Waals surface area (Å²) in [5.74, 6) is -2.03. The number of carboxylic acid groups (broad SMARTS) is 1. The molecule has 1 aromatic rings. The lowest BCUT2D eigenvalue weighted by molar-refractivity contribution is -0.138. The lowest BCUT2D eigenvalue weighted by Gasteiger charge is -2.09. The first-order valence-electron chi connectivity index (χ1n) is 5.16. The molecule has 0 spiro atoms. The SMILES string of the molecule is N[C@@H](Cc1ccc(OCB(O)O)c(F)c1)C(=O)O. The van der Waals surface area contributed by atoms with Crippen LogP contribution in [0.5, 0.6) is 5.75 Å². The number of hydrogen-bond donors (Lipinski definition) is 4. The zero-order valence-electron chi connectivity index (χ0n) is 9.41. The standard InChI is InChI=1S/C10H13BFNO5/c12-7-3-6(4-8(13)10(14)15)1-2-9(7)18-5-11(16)17/h1-3,8,16-17H,4-5,13H2,(H,14,15)/t8-/m0/s1. The van der Waals surface area contributed by atoms with Crippen LogP contribution in [0.3, 0.4) is 0 Å². The quantitative estimate of drug-likeness (QED) is 0.495.